The van der Waals surface area contributed by atoms with E-state index in [4.69, 9.17) is 0 Å². The second-order valence-electron chi connectivity index (χ2n) is 4.35. The first-order chi connectivity index (χ1) is 8.70. The molecule has 18 heavy (non-hydrogen) atoms. The van der Waals surface area contributed by atoms with Gasteiger partial charge in [-0.3, -0.25) is 4.79 Å². The molecule has 1 aliphatic rings. The van der Waals surface area contributed by atoms with E-state index in [1.807, 2.05) is 11.0 Å². The van der Waals surface area contributed by atoms with Gasteiger partial charge in [-0.1, -0.05) is 0 Å². The van der Waals surface area contributed by atoms with Crippen LogP contribution in [0.15, 0.2) is 12.1 Å². The van der Waals surface area contributed by atoms with Gasteiger partial charge in [0, 0.05) is 24.4 Å². The van der Waals surface area contributed by atoms with Crippen LogP contribution in [0.3, 0.4) is 0 Å². The van der Waals surface area contributed by atoms with Crippen LogP contribution in [0.4, 0.5) is 0 Å². The number of ether oxygens (including phenoxy) is 1. The highest BCUT2D eigenvalue weighted by atomic mass is 32.1. The monoisotopic (exact) mass is 267 g/mol. The van der Waals surface area contributed by atoms with Gasteiger partial charge in [0.15, 0.2) is 0 Å². The summed E-state index contributed by atoms with van der Waals surface area (Å²) in [4.78, 5) is 26.4. The first kappa shape index (κ1) is 13.1. The average Bonchev–Trinajstić information content (AvgIpc) is 2.99. The Hall–Kier alpha value is -1.36. The first-order valence-corrected chi connectivity index (χ1v) is 6.97. The number of hydrogen-bond acceptors (Lipinski definition) is 4. The zero-order valence-corrected chi connectivity index (χ0v) is 11.3. The Labute approximate surface area is 111 Å². The van der Waals surface area contributed by atoms with Gasteiger partial charge in [0.05, 0.1) is 7.11 Å². The van der Waals surface area contributed by atoms with Crippen molar-refractivity contribution in [1.82, 2.24) is 4.90 Å². The quantitative estimate of drug-likeness (QED) is 0.767. The summed E-state index contributed by atoms with van der Waals surface area (Å²) >= 11 is 1.47. The van der Waals surface area contributed by atoms with Crippen LogP contribution in [0.2, 0.25) is 0 Å². The third-order valence-corrected chi connectivity index (χ3v) is 4.20. The molecular weight excluding hydrogens is 250 g/mol. The molecule has 5 heteroatoms. The standard InChI is InChI=1S/C13H17NO3S/c1-17-13(16)11-7-6-10(18-11)4-2-8-14-9-3-5-12(14)15/h6-7H,2-5,8-9H2,1H3. The number of amides is 1. The van der Waals surface area contributed by atoms with Crippen molar-refractivity contribution in [2.24, 2.45) is 0 Å². The molecule has 0 atom stereocenters. The van der Waals surface area contributed by atoms with Gasteiger partial charge in [-0.2, -0.15) is 0 Å². The van der Waals surface area contributed by atoms with Crippen LogP contribution in [0.25, 0.3) is 0 Å². The molecule has 2 heterocycles. The zero-order chi connectivity index (χ0) is 13.0. The van der Waals surface area contributed by atoms with E-state index in [1.54, 1.807) is 6.07 Å². The highest BCUT2D eigenvalue weighted by Crippen LogP contribution is 2.19. The van der Waals surface area contributed by atoms with E-state index >= 15 is 0 Å². The van der Waals surface area contributed by atoms with E-state index < -0.39 is 0 Å². The summed E-state index contributed by atoms with van der Waals surface area (Å²) in [5, 5.41) is 0. The summed E-state index contributed by atoms with van der Waals surface area (Å²) in [6.07, 6.45) is 3.55. The smallest absolute Gasteiger partial charge is 0.348 e. The Morgan fingerprint density at radius 3 is 3.00 bits per heavy atom. The maximum Gasteiger partial charge on any atom is 0.348 e. The van der Waals surface area contributed by atoms with Crippen LogP contribution >= 0.6 is 11.3 Å². The van der Waals surface area contributed by atoms with Crippen molar-refractivity contribution in [3.8, 4) is 0 Å². The third-order valence-electron chi connectivity index (χ3n) is 3.07. The molecule has 0 aromatic carbocycles. The molecule has 4 nitrogen and oxygen atoms in total. The van der Waals surface area contributed by atoms with Crippen LogP contribution < -0.4 is 0 Å². The normalized spacial score (nSPS) is 15.2. The minimum atomic E-state index is -0.277. The molecule has 98 valence electrons. The molecule has 0 spiro atoms. The van der Waals surface area contributed by atoms with Gasteiger partial charge in [0.1, 0.15) is 4.88 Å². The van der Waals surface area contributed by atoms with E-state index in [1.165, 1.54) is 23.3 Å². The fraction of sp³-hybridized carbons (Fsp3) is 0.538. The number of methoxy groups -OCH3 is 1. The van der Waals surface area contributed by atoms with E-state index in [0.717, 1.165) is 32.4 Å². The topological polar surface area (TPSA) is 46.6 Å². The van der Waals surface area contributed by atoms with Gasteiger partial charge in [-0.05, 0) is 31.4 Å². The Morgan fingerprint density at radius 1 is 1.50 bits per heavy atom. The molecule has 2 rings (SSSR count). The lowest BCUT2D eigenvalue weighted by molar-refractivity contribution is -0.127. The molecule has 0 N–H and O–H groups in total. The zero-order valence-electron chi connectivity index (χ0n) is 10.5. The van der Waals surface area contributed by atoms with Crippen LogP contribution in [0, 0.1) is 0 Å². The van der Waals surface area contributed by atoms with Gasteiger partial charge < -0.3 is 9.64 Å². The molecular formula is C13H17NO3S. The Kier molecular flexibility index (Phi) is 4.36. The molecule has 1 aromatic rings. The fourth-order valence-corrected chi connectivity index (χ4v) is 3.07. The summed E-state index contributed by atoms with van der Waals surface area (Å²) in [7, 11) is 1.39. The number of thiophene rings is 1. The molecule has 1 aromatic heterocycles. The largest absolute Gasteiger partial charge is 0.465 e. The molecule has 1 aliphatic heterocycles. The van der Waals surface area contributed by atoms with E-state index in [2.05, 4.69) is 4.74 Å². The summed E-state index contributed by atoms with van der Waals surface area (Å²) in [6.45, 7) is 1.72. The second-order valence-corrected chi connectivity index (χ2v) is 5.51. The maximum atomic E-state index is 11.4. The van der Waals surface area contributed by atoms with Crippen molar-refractivity contribution in [3.05, 3.63) is 21.9 Å². The van der Waals surface area contributed by atoms with Crippen molar-refractivity contribution >= 4 is 23.2 Å². The second kappa shape index (κ2) is 6.00. The number of nitrogens with zero attached hydrogens (tertiary/aromatic N) is 1. The molecule has 0 bridgehead atoms. The summed E-state index contributed by atoms with van der Waals surface area (Å²) < 4.78 is 4.67. The Morgan fingerprint density at radius 2 is 2.33 bits per heavy atom. The van der Waals surface area contributed by atoms with Gasteiger partial charge >= 0.3 is 5.97 Å². The van der Waals surface area contributed by atoms with Crippen molar-refractivity contribution in [1.29, 1.82) is 0 Å². The van der Waals surface area contributed by atoms with Gasteiger partial charge in [-0.15, -0.1) is 11.3 Å². The van der Waals surface area contributed by atoms with Crippen LogP contribution in [0.5, 0.6) is 0 Å². The minimum Gasteiger partial charge on any atom is -0.465 e. The summed E-state index contributed by atoms with van der Waals surface area (Å²) in [5.41, 5.74) is 0. The van der Waals surface area contributed by atoms with Crippen LogP contribution in [-0.2, 0) is 16.0 Å². The summed E-state index contributed by atoms with van der Waals surface area (Å²) in [5.74, 6) is -0.00241. The van der Waals surface area contributed by atoms with Gasteiger partial charge in [0.25, 0.3) is 0 Å². The number of carbonyl (C=O) groups excluding carboxylic acids is 2. The fourth-order valence-electron chi connectivity index (χ4n) is 2.11. The average molecular weight is 267 g/mol. The van der Waals surface area contributed by atoms with Gasteiger partial charge in [-0.25, -0.2) is 4.79 Å². The molecule has 0 saturated carbocycles. The SMILES string of the molecule is COC(=O)c1ccc(CCCN2CCCC2=O)s1. The van der Waals surface area contributed by atoms with E-state index in [-0.39, 0.29) is 11.9 Å². The number of rotatable bonds is 5. The minimum absolute atomic E-state index is 0.274. The molecule has 1 fully saturated rings. The lowest BCUT2D eigenvalue weighted by Gasteiger charge is -2.14. The van der Waals surface area contributed by atoms with E-state index in [0.29, 0.717) is 11.3 Å². The van der Waals surface area contributed by atoms with Crippen molar-refractivity contribution in [2.45, 2.75) is 25.7 Å². The number of carbonyl (C=O) groups is 2. The number of aryl methyl sites for hydroxylation is 1. The van der Waals surface area contributed by atoms with Gasteiger partial charge in [0.2, 0.25) is 5.91 Å². The summed E-state index contributed by atoms with van der Waals surface area (Å²) in [6, 6.07) is 3.76. The highest BCUT2D eigenvalue weighted by Gasteiger charge is 2.19. The third kappa shape index (κ3) is 3.10. The van der Waals surface area contributed by atoms with E-state index in [9.17, 15) is 9.59 Å². The lowest BCUT2D eigenvalue weighted by Crippen LogP contribution is -2.25. The van der Waals surface area contributed by atoms with Crippen LogP contribution in [-0.4, -0.2) is 37.0 Å². The lowest BCUT2D eigenvalue weighted by atomic mass is 10.2. The molecule has 0 unspecified atom stereocenters. The predicted octanol–water partition coefficient (Wildman–Crippen LogP) is 2.09. The molecule has 0 aliphatic carbocycles. The van der Waals surface area contributed by atoms with Crippen molar-refractivity contribution in [3.63, 3.8) is 0 Å². The van der Waals surface area contributed by atoms with Crippen molar-refractivity contribution < 1.29 is 14.3 Å². The molecule has 1 amide bonds. The van der Waals surface area contributed by atoms with Crippen LogP contribution in [0.1, 0.15) is 33.8 Å². The Balaban J connectivity index is 1.78. The Bertz CT molecular complexity index is 441. The number of likely N-dealkylation sites (tertiary alicyclic amines) is 1. The van der Waals surface area contributed by atoms with Crippen molar-refractivity contribution in [2.75, 3.05) is 20.2 Å². The maximum absolute atomic E-state index is 11.4. The molecule has 0 radical (unpaired) electrons. The first-order valence-electron chi connectivity index (χ1n) is 6.15. The predicted molar refractivity (Wildman–Crippen MR) is 69.8 cm³/mol. The number of esters is 1. The molecule has 1 saturated heterocycles. The number of hydrogen-bond donors (Lipinski definition) is 0. The highest BCUT2D eigenvalue weighted by molar-refractivity contribution is 7.13.